The standard InChI is InChI=1S/C19H13BrO2/c20-14-8-5-13(6-9-14)16-11-18(21)22-17-10-7-12-3-1-2-4-15(12)19(16)17/h1-10,16H,11H2. The number of halogens is 1. The first-order valence-electron chi connectivity index (χ1n) is 7.20. The first kappa shape index (κ1) is 13.5. The molecule has 1 unspecified atom stereocenters. The van der Waals surface area contributed by atoms with E-state index in [0.717, 1.165) is 21.0 Å². The van der Waals surface area contributed by atoms with Crippen molar-refractivity contribution in [3.63, 3.8) is 0 Å². The number of carbonyl (C=O) groups excluding carboxylic acids is 1. The molecular weight excluding hydrogens is 340 g/mol. The van der Waals surface area contributed by atoms with Crippen LogP contribution in [0.3, 0.4) is 0 Å². The summed E-state index contributed by atoms with van der Waals surface area (Å²) in [5.74, 6) is 0.550. The SMILES string of the molecule is O=C1CC(c2ccc(Br)cc2)c2c(ccc3ccccc23)O1. The minimum Gasteiger partial charge on any atom is -0.426 e. The fraction of sp³-hybridized carbons (Fsp3) is 0.105. The van der Waals surface area contributed by atoms with Gasteiger partial charge in [0.1, 0.15) is 5.75 Å². The Morgan fingerprint density at radius 3 is 2.55 bits per heavy atom. The molecule has 0 aromatic heterocycles. The summed E-state index contributed by atoms with van der Waals surface area (Å²) in [7, 11) is 0. The molecule has 22 heavy (non-hydrogen) atoms. The largest absolute Gasteiger partial charge is 0.426 e. The molecule has 1 aliphatic rings. The van der Waals surface area contributed by atoms with Crippen molar-refractivity contribution in [1.82, 2.24) is 0 Å². The third-order valence-electron chi connectivity index (χ3n) is 4.15. The van der Waals surface area contributed by atoms with Crippen LogP contribution in [0, 0.1) is 0 Å². The van der Waals surface area contributed by atoms with Gasteiger partial charge in [-0.2, -0.15) is 0 Å². The summed E-state index contributed by atoms with van der Waals surface area (Å²) in [4.78, 5) is 12.0. The smallest absolute Gasteiger partial charge is 0.312 e. The van der Waals surface area contributed by atoms with Crippen LogP contribution in [0.15, 0.2) is 65.1 Å². The highest BCUT2D eigenvalue weighted by molar-refractivity contribution is 9.10. The topological polar surface area (TPSA) is 26.3 Å². The minimum atomic E-state index is -0.171. The molecule has 0 amide bonds. The molecule has 108 valence electrons. The molecule has 0 bridgehead atoms. The monoisotopic (exact) mass is 352 g/mol. The van der Waals surface area contributed by atoms with Crippen LogP contribution < -0.4 is 4.74 Å². The number of hydrogen-bond donors (Lipinski definition) is 0. The van der Waals surface area contributed by atoms with Gasteiger partial charge >= 0.3 is 5.97 Å². The summed E-state index contributed by atoms with van der Waals surface area (Å²) in [6.45, 7) is 0. The zero-order valence-corrected chi connectivity index (χ0v) is 13.3. The van der Waals surface area contributed by atoms with Crippen LogP contribution >= 0.6 is 15.9 Å². The molecule has 0 N–H and O–H groups in total. The van der Waals surface area contributed by atoms with Crippen LogP contribution in [-0.2, 0) is 4.79 Å². The number of ether oxygens (including phenoxy) is 1. The molecule has 3 aromatic carbocycles. The van der Waals surface area contributed by atoms with E-state index in [-0.39, 0.29) is 11.9 Å². The normalized spacial score (nSPS) is 17.1. The lowest BCUT2D eigenvalue weighted by Gasteiger charge is -2.26. The van der Waals surface area contributed by atoms with E-state index < -0.39 is 0 Å². The lowest BCUT2D eigenvalue weighted by molar-refractivity contribution is -0.135. The van der Waals surface area contributed by atoms with Crippen molar-refractivity contribution in [3.05, 3.63) is 76.3 Å². The van der Waals surface area contributed by atoms with E-state index in [2.05, 4.69) is 40.2 Å². The molecule has 0 saturated heterocycles. The second-order valence-electron chi connectivity index (χ2n) is 5.48. The minimum absolute atomic E-state index is 0.0375. The van der Waals surface area contributed by atoms with Gasteiger partial charge in [-0.15, -0.1) is 0 Å². The lowest BCUT2D eigenvalue weighted by atomic mass is 9.83. The van der Waals surface area contributed by atoms with Crippen LogP contribution in [0.25, 0.3) is 10.8 Å². The van der Waals surface area contributed by atoms with E-state index in [1.807, 2.05) is 36.4 Å². The van der Waals surface area contributed by atoms with Gasteiger partial charge in [-0.05, 0) is 34.5 Å². The third-order valence-corrected chi connectivity index (χ3v) is 4.67. The fourth-order valence-electron chi connectivity index (χ4n) is 3.14. The van der Waals surface area contributed by atoms with E-state index in [0.29, 0.717) is 12.2 Å². The number of esters is 1. The van der Waals surface area contributed by atoms with Crippen LogP contribution in [0.5, 0.6) is 5.75 Å². The molecule has 0 fully saturated rings. The molecule has 4 rings (SSSR count). The van der Waals surface area contributed by atoms with Crippen molar-refractivity contribution in [2.45, 2.75) is 12.3 Å². The first-order chi connectivity index (χ1) is 10.7. The molecule has 1 atom stereocenters. The summed E-state index contributed by atoms with van der Waals surface area (Å²) < 4.78 is 6.50. The van der Waals surface area contributed by atoms with Gasteiger partial charge in [-0.1, -0.05) is 58.4 Å². The van der Waals surface area contributed by atoms with E-state index in [1.165, 1.54) is 5.39 Å². The maximum Gasteiger partial charge on any atom is 0.312 e. The lowest BCUT2D eigenvalue weighted by Crippen LogP contribution is -2.21. The van der Waals surface area contributed by atoms with Crippen molar-refractivity contribution in [2.75, 3.05) is 0 Å². The Hall–Kier alpha value is -2.13. The highest BCUT2D eigenvalue weighted by Gasteiger charge is 2.29. The van der Waals surface area contributed by atoms with Gasteiger partial charge in [0.25, 0.3) is 0 Å². The van der Waals surface area contributed by atoms with E-state index in [4.69, 9.17) is 4.74 Å². The maximum atomic E-state index is 12.0. The number of fused-ring (bicyclic) bond motifs is 3. The van der Waals surface area contributed by atoms with Crippen LogP contribution in [0.1, 0.15) is 23.5 Å². The fourth-order valence-corrected chi connectivity index (χ4v) is 3.40. The highest BCUT2D eigenvalue weighted by Crippen LogP contribution is 2.42. The van der Waals surface area contributed by atoms with Gasteiger partial charge in [0.2, 0.25) is 0 Å². The van der Waals surface area contributed by atoms with Gasteiger partial charge in [0.05, 0.1) is 6.42 Å². The highest BCUT2D eigenvalue weighted by atomic mass is 79.9. The van der Waals surface area contributed by atoms with Crippen molar-refractivity contribution in [2.24, 2.45) is 0 Å². The van der Waals surface area contributed by atoms with E-state index in [9.17, 15) is 4.79 Å². The molecule has 1 heterocycles. The Morgan fingerprint density at radius 2 is 1.73 bits per heavy atom. The molecule has 0 saturated carbocycles. The van der Waals surface area contributed by atoms with Crippen molar-refractivity contribution in [3.8, 4) is 5.75 Å². The molecule has 0 radical (unpaired) electrons. The number of hydrogen-bond acceptors (Lipinski definition) is 2. The zero-order chi connectivity index (χ0) is 15.1. The number of rotatable bonds is 1. The molecule has 1 aliphatic heterocycles. The summed E-state index contributed by atoms with van der Waals surface area (Å²) >= 11 is 3.46. The Balaban J connectivity index is 1.97. The molecule has 3 heteroatoms. The molecule has 0 aliphatic carbocycles. The van der Waals surface area contributed by atoms with Crippen molar-refractivity contribution in [1.29, 1.82) is 0 Å². The Kier molecular flexibility index (Phi) is 3.23. The predicted octanol–water partition coefficient (Wildman–Crippen LogP) is 5.04. The summed E-state index contributed by atoms with van der Waals surface area (Å²) in [6, 6.07) is 20.3. The van der Waals surface area contributed by atoms with Gasteiger partial charge in [0, 0.05) is 16.0 Å². The average molecular weight is 353 g/mol. The predicted molar refractivity (Wildman–Crippen MR) is 90.2 cm³/mol. The van der Waals surface area contributed by atoms with Gasteiger partial charge in [0.15, 0.2) is 0 Å². The van der Waals surface area contributed by atoms with E-state index >= 15 is 0 Å². The Bertz CT molecular complexity index is 868. The second-order valence-corrected chi connectivity index (χ2v) is 6.40. The number of carbonyl (C=O) groups is 1. The summed E-state index contributed by atoms with van der Waals surface area (Å²) in [5.41, 5.74) is 2.25. The molecule has 0 spiro atoms. The quantitative estimate of drug-likeness (QED) is 0.452. The average Bonchev–Trinajstić information content (AvgIpc) is 2.54. The second kappa shape index (κ2) is 5.25. The van der Waals surface area contributed by atoms with Gasteiger partial charge in [-0.3, -0.25) is 4.79 Å². The molecular formula is C19H13BrO2. The zero-order valence-electron chi connectivity index (χ0n) is 11.8. The van der Waals surface area contributed by atoms with Crippen LogP contribution in [-0.4, -0.2) is 5.97 Å². The van der Waals surface area contributed by atoms with Gasteiger partial charge in [-0.25, -0.2) is 0 Å². The summed E-state index contributed by atoms with van der Waals surface area (Å²) in [5, 5.41) is 2.32. The Labute approximate surface area is 136 Å². The van der Waals surface area contributed by atoms with E-state index in [1.54, 1.807) is 0 Å². The Morgan fingerprint density at radius 1 is 0.955 bits per heavy atom. The molecule has 2 nitrogen and oxygen atoms in total. The first-order valence-corrected chi connectivity index (χ1v) is 7.99. The van der Waals surface area contributed by atoms with Crippen LogP contribution in [0.2, 0.25) is 0 Å². The summed E-state index contributed by atoms with van der Waals surface area (Å²) in [6.07, 6.45) is 0.378. The number of benzene rings is 3. The van der Waals surface area contributed by atoms with Crippen LogP contribution in [0.4, 0.5) is 0 Å². The van der Waals surface area contributed by atoms with Gasteiger partial charge < -0.3 is 4.74 Å². The van der Waals surface area contributed by atoms with Crippen molar-refractivity contribution >= 4 is 32.7 Å². The third kappa shape index (κ3) is 2.22. The maximum absolute atomic E-state index is 12.0. The van der Waals surface area contributed by atoms with Crippen molar-refractivity contribution < 1.29 is 9.53 Å². The molecule has 3 aromatic rings.